The number of rotatable bonds is 4. The van der Waals surface area contributed by atoms with Gasteiger partial charge in [0.15, 0.2) is 0 Å². The van der Waals surface area contributed by atoms with Crippen LogP contribution in [0.5, 0.6) is 0 Å². The van der Waals surface area contributed by atoms with E-state index in [1.54, 1.807) is 6.26 Å². The fraction of sp³-hybridized carbons (Fsp3) is 0.214. The molecule has 1 aliphatic heterocycles. The molecule has 1 aromatic heterocycles. The first-order valence-electron chi connectivity index (χ1n) is 6.84. The van der Waals surface area contributed by atoms with Crippen LogP contribution < -0.4 is 10.0 Å². The van der Waals surface area contributed by atoms with Crippen molar-refractivity contribution in [1.82, 2.24) is 14.9 Å². The molecule has 0 unspecified atom stereocenters. The van der Waals surface area contributed by atoms with E-state index < -0.39 is 10.0 Å². The smallest absolute Gasteiger partial charge is 0.264 e. The number of aliphatic imine (C=N–C) groups is 1. The van der Waals surface area contributed by atoms with Crippen LogP contribution in [0.3, 0.4) is 0 Å². The Balaban J connectivity index is 1.62. The average molecular weight is 355 g/mol. The minimum Gasteiger partial charge on any atom is -0.468 e. The maximum Gasteiger partial charge on any atom is 0.264 e. The van der Waals surface area contributed by atoms with E-state index in [1.807, 2.05) is 17.0 Å². The molecule has 0 radical (unpaired) electrons. The molecule has 122 valence electrons. The van der Waals surface area contributed by atoms with Crippen LogP contribution in [0, 0.1) is 0 Å². The van der Waals surface area contributed by atoms with Gasteiger partial charge >= 0.3 is 0 Å². The number of sulfonamides is 1. The van der Waals surface area contributed by atoms with Gasteiger partial charge in [0.05, 0.1) is 31.0 Å². The molecule has 9 heteroatoms. The van der Waals surface area contributed by atoms with Crippen LogP contribution >= 0.6 is 11.6 Å². The fourth-order valence-corrected chi connectivity index (χ4v) is 3.19. The molecule has 0 bridgehead atoms. The summed E-state index contributed by atoms with van der Waals surface area (Å²) < 4.78 is 32.2. The lowest BCUT2D eigenvalue weighted by Gasteiger charge is -2.26. The number of guanidine groups is 1. The predicted molar refractivity (Wildman–Crippen MR) is 86.3 cm³/mol. The number of halogens is 1. The molecule has 1 aliphatic rings. The summed E-state index contributed by atoms with van der Waals surface area (Å²) in [5, 5.41) is 3.41. The van der Waals surface area contributed by atoms with Crippen molar-refractivity contribution >= 4 is 27.6 Å². The van der Waals surface area contributed by atoms with Crippen molar-refractivity contribution in [3.05, 3.63) is 53.4 Å². The summed E-state index contributed by atoms with van der Waals surface area (Å²) in [5.41, 5.74) is 0. The predicted octanol–water partition coefficient (Wildman–Crippen LogP) is 1.59. The van der Waals surface area contributed by atoms with Crippen molar-refractivity contribution < 1.29 is 12.8 Å². The second-order valence-electron chi connectivity index (χ2n) is 4.95. The third-order valence-corrected chi connectivity index (χ3v) is 4.82. The lowest BCUT2D eigenvalue weighted by molar-refractivity contribution is 0.235. The molecule has 2 heterocycles. The zero-order valence-electron chi connectivity index (χ0n) is 12.1. The maximum atomic E-state index is 12.2. The van der Waals surface area contributed by atoms with E-state index >= 15 is 0 Å². The SMILES string of the molecule is O=S(=O)(NC1=NCN(Cc2ccco2)CN1)c1ccc(Cl)cc1. The Morgan fingerprint density at radius 3 is 2.70 bits per heavy atom. The third kappa shape index (κ3) is 4.04. The molecule has 1 aromatic carbocycles. The summed E-state index contributed by atoms with van der Waals surface area (Å²) in [4.78, 5) is 6.29. The molecule has 3 rings (SSSR count). The van der Waals surface area contributed by atoms with Gasteiger partial charge in [-0.15, -0.1) is 0 Å². The van der Waals surface area contributed by atoms with Crippen LogP contribution in [0.2, 0.25) is 5.02 Å². The molecular formula is C14H15ClN4O3S. The molecule has 0 spiro atoms. The van der Waals surface area contributed by atoms with Gasteiger partial charge in [-0.3, -0.25) is 4.90 Å². The molecular weight excluding hydrogens is 340 g/mol. The number of nitrogens with one attached hydrogen (secondary N) is 2. The molecule has 2 aromatic rings. The molecule has 2 N–H and O–H groups in total. The molecule has 0 atom stereocenters. The number of benzene rings is 1. The highest BCUT2D eigenvalue weighted by Gasteiger charge is 2.19. The molecule has 0 saturated carbocycles. The van der Waals surface area contributed by atoms with E-state index in [2.05, 4.69) is 15.0 Å². The molecule has 0 saturated heterocycles. The summed E-state index contributed by atoms with van der Waals surface area (Å²) in [5.74, 6) is 1.04. The molecule has 0 amide bonds. The summed E-state index contributed by atoms with van der Waals surface area (Å²) >= 11 is 5.76. The van der Waals surface area contributed by atoms with Crippen molar-refractivity contribution in [2.24, 2.45) is 4.99 Å². The monoisotopic (exact) mass is 354 g/mol. The van der Waals surface area contributed by atoms with Gasteiger partial charge in [-0.1, -0.05) is 11.6 Å². The molecule has 0 fully saturated rings. The van der Waals surface area contributed by atoms with Crippen LogP contribution in [0.25, 0.3) is 0 Å². The van der Waals surface area contributed by atoms with Crippen LogP contribution in [0.15, 0.2) is 57.0 Å². The molecule has 7 nitrogen and oxygen atoms in total. The lowest BCUT2D eigenvalue weighted by atomic mass is 10.4. The number of hydrogen-bond acceptors (Lipinski definition) is 6. The second kappa shape index (κ2) is 6.61. The van der Waals surface area contributed by atoms with Crippen LogP contribution in [0.1, 0.15) is 5.76 Å². The zero-order chi connectivity index (χ0) is 16.3. The minimum atomic E-state index is -3.68. The average Bonchev–Trinajstić information content (AvgIpc) is 3.02. The van der Waals surface area contributed by atoms with E-state index in [0.29, 0.717) is 24.9 Å². The zero-order valence-corrected chi connectivity index (χ0v) is 13.6. The molecule has 23 heavy (non-hydrogen) atoms. The summed E-state index contributed by atoms with van der Waals surface area (Å²) in [6.45, 7) is 1.43. The molecule has 0 aliphatic carbocycles. The van der Waals surface area contributed by atoms with E-state index in [9.17, 15) is 8.42 Å². The first-order valence-corrected chi connectivity index (χ1v) is 8.70. The Kier molecular flexibility index (Phi) is 4.56. The summed E-state index contributed by atoms with van der Waals surface area (Å²) in [6, 6.07) is 9.63. The van der Waals surface area contributed by atoms with Crippen molar-refractivity contribution in [3.63, 3.8) is 0 Å². The Bertz CT molecular complexity index is 788. The summed E-state index contributed by atoms with van der Waals surface area (Å²) in [7, 11) is -3.68. The van der Waals surface area contributed by atoms with Crippen LogP contribution in [-0.2, 0) is 16.6 Å². The van der Waals surface area contributed by atoms with Gasteiger partial charge in [-0.25, -0.2) is 18.1 Å². The maximum absolute atomic E-state index is 12.2. The standard InChI is InChI=1S/C14H15ClN4O3S/c15-11-3-5-13(6-4-11)23(20,21)18-14-16-9-19(10-17-14)8-12-2-1-7-22-12/h1-7H,8-10H2,(H2,16,17,18). The van der Waals surface area contributed by atoms with Gasteiger partial charge in [0.25, 0.3) is 10.0 Å². The Labute approximate surface area is 139 Å². The first kappa shape index (κ1) is 15.9. The fourth-order valence-electron chi connectivity index (χ4n) is 2.06. The number of furan rings is 1. The van der Waals surface area contributed by atoms with Crippen molar-refractivity contribution in [1.29, 1.82) is 0 Å². The van der Waals surface area contributed by atoms with Crippen molar-refractivity contribution in [2.75, 3.05) is 13.3 Å². The van der Waals surface area contributed by atoms with E-state index in [4.69, 9.17) is 16.0 Å². The highest BCUT2D eigenvalue weighted by molar-refractivity contribution is 7.90. The largest absolute Gasteiger partial charge is 0.468 e. The van der Waals surface area contributed by atoms with Crippen LogP contribution in [-0.4, -0.2) is 32.6 Å². The Hall–Kier alpha value is -2.03. The van der Waals surface area contributed by atoms with Gasteiger partial charge in [-0.2, -0.15) is 0 Å². The van der Waals surface area contributed by atoms with Gasteiger partial charge in [-0.05, 0) is 36.4 Å². The number of nitrogens with zero attached hydrogens (tertiary/aromatic N) is 2. The van der Waals surface area contributed by atoms with Crippen LogP contribution in [0.4, 0.5) is 0 Å². The Morgan fingerprint density at radius 2 is 2.09 bits per heavy atom. The second-order valence-corrected chi connectivity index (χ2v) is 7.07. The number of hydrogen-bond donors (Lipinski definition) is 2. The minimum absolute atomic E-state index is 0.129. The third-order valence-electron chi connectivity index (χ3n) is 3.21. The lowest BCUT2D eigenvalue weighted by Crippen LogP contribution is -2.49. The Morgan fingerprint density at radius 1 is 1.30 bits per heavy atom. The highest BCUT2D eigenvalue weighted by Crippen LogP contribution is 2.14. The van der Waals surface area contributed by atoms with Gasteiger partial charge in [0, 0.05) is 5.02 Å². The van der Waals surface area contributed by atoms with Crippen molar-refractivity contribution in [3.8, 4) is 0 Å². The van der Waals surface area contributed by atoms with Gasteiger partial charge < -0.3 is 9.73 Å². The van der Waals surface area contributed by atoms with Gasteiger partial charge in [0.1, 0.15) is 5.76 Å². The normalized spacial score (nSPS) is 15.8. The van der Waals surface area contributed by atoms with E-state index in [1.165, 1.54) is 24.3 Å². The van der Waals surface area contributed by atoms with Gasteiger partial charge in [0.2, 0.25) is 5.96 Å². The van der Waals surface area contributed by atoms with E-state index in [-0.39, 0.29) is 10.9 Å². The first-order chi connectivity index (χ1) is 11.0. The summed E-state index contributed by atoms with van der Waals surface area (Å²) in [6.07, 6.45) is 1.61. The van der Waals surface area contributed by atoms with E-state index in [0.717, 1.165) is 5.76 Å². The highest BCUT2D eigenvalue weighted by atomic mass is 35.5. The topological polar surface area (TPSA) is 86.9 Å². The van der Waals surface area contributed by atoms with Crippen molar-refractivity contribution in [2.45, 2.75) is 11.4 Å². The quantitative estimate of drug-likeness (QED) is 0.870.